The Bertz CT molecular complexity index is 1130. The van der Waals surface area contributed by atoms with Gasteiger partial charge >= 0.3 is 0 Å². The number of para-hydroxylation sites is 2. The molecule has 0 atom stereocenters. The largest absolute Gasteiger partial charge is 0.484 e. The zero-order valence-electron chi connectivity index (χ0n) is 26.1. The van der Waals surface area contributed by atoms with Gasteiger partial charge in [-0.05, 0) is 49.2 Å². The first kappa shape index (κ1) is 34.0. The topological polar surface area (TPSA) is 56.2 Å². The van der Waals surface area contributed by atoms with Crippen molar-refractivity contribution < 1.29 is 9.53 Å². The molecule has 0 bridgehead atoms. The Morgan fingerprint density at radius 2 is 1.33 bits per heavy atom. The quantitative estimate of drug-likeness (QED) is 0.105. The number of aryl methyl sites for hydroxylation is 2. The zero-order chi connectivity index (χ0) is 29.7. The maximum absolute atomic E-state index is 12.2. The van der Waals surface area contributed by atoms with Gasteiger partial charge in [0, 0.05) is 24.5 Å². The van der Waals surface area contributed by atoms with Gasteiger partial charge in [-0.2, -0.15) is 0 Å². The number of unbranched alkanes of at least 4 members (excludes halogenated alkanes) is 15. The van der Waals surface area contributed by atoms with Crippen LogP contribution >= 0.6 is 11.6 Å². The second-order valence-corrected chi connectivity index (χ2v) is 12.1. The van der Waals surface area contributed by atoms with Gasteiger partial charge in [-0.3, -0.25) is 4.79 Å². The van der Waals surface area contributed by atoms with Crippen molar-refractivity contribution in [3.05, 3.63) is 59.4 Å². The number of carbonyl (C=O) groups excluding carboxylic acids is 1. The molecule has 3 aromatic rings. The number of amides is 1. The number of halogens is 1. The molecule has 0 saturated carbocycles. The van der Waals surface area contributed by atoms with E-state index >= 15 is 0 Å². The molecule has 0 aliphatic carbocycles. The van der Waals surface area contributed by atoms with Crippen LogP contribution in [0.2, 0.25) is 5.02 Å². The lowest BCUT2D eigenvalue weighted by molar-refractivity contribution is -0.123. The molecular formula is C36H54ClN3O2. The standard InChI is InChI=1S/C36H54ClN3O2/c1-2-3-4-5-6-7-8-9-10-11-12-13-14-15-16-19-29-40-34-22-18-17-21-33(34)39-35(40)23-20-28-38-36(41)30-42-32-26-24-31(37)25-27-32/h17-18,21-22,24-27H,2-16,19-20,23,28-30H2,1H3,(H,38,41). The Morgan fingerprint density at radius 3 is 1.95 bits per heavy atom. The van der Waals surface area contributed by atoms with Crippen molar-refractivity contribution in [3.8, 4) is 5.75 Å². The third-order valence-electron chi connectivity index (χ3n) is 8.05. The lowest BCUT2D eigenvalue weighted by Crippen LogP contribution is -2.30. The van der Waals surface area contributed by atoms with Crippen LogP contribution in [0.5, 0.6) is 5.75 Å². The van der Waals surface area contributed by atoms with Gasteiger partial charge in [-0.15, -0.1) is 0 Å². The van der Waals surface area contributed by atoms with Crippen LogP contribution in [-0.4, -0.2) is 28.6 Å². The van der Waals surface area contributed by atoms with E-state index in [9.17, 15) is 4.79 Å². The van der Waals surface area contributed by atoms with Crippen molar-refractivity contribution >= 4 is 28.5 Å². The fourth-order valence-electron chi connectivity index (χ4n) is 5.59. The van der Waals surface area contributed by atoms with E-state index in [1.54, 1.807) is 24.3 Å². The average Bonchev–Trinajstić information content (AvgIpc) is 3.36. The molecule has 0 fully saturated rings. The Balaban J connectivity index is 1.25. The number of fused-ring (bicyclic) bond motifs is 1. The number of nitrogens with one attached hydrogen (secondary N) is 1. The fraction of sp³-hybridized carbons (Fsp3) is 0.611. The summed E-state index contributed by atoms with van der Waals surface area (Å²) < 4.78 is 7.93. The molecular weight excluding hydrogens is 542 g/mol. The third kappa shape index (κ3) is 13.6. The molecule has 1 aromatic heterocycles. The van der Waals surface area contributed by atoms with Gasteiger partial charge in [0.15, 0.2) is 6.61 Å². The number of benzene rings is 2. The maximum Gasteiger partial charge on any atom is 0.257 e. The first-order valence-electron chi connectivity index (χ1n) is 16.8. The molecule has 42 heavy (non-hydrogen) atoms. The van der Waals surface area contributed by atoms with Crippen molar-refractivity contribution in [2.75, 3.05) is 13.2 Å². The van der Waals surface area contributed by atoms with E-state index in [1.807, 2.05) is 0 Å². The maximum atomic E-state index is 12.2. The normalized spacial score (nSPS) is 11.3. The summed E-state index contributed by atoms with van der Waals surface area (Å²) in [5.74, 6) is 1.63. The summed E-state index contributed by atoms with van der Waals surface area (Å²) in [4.78, 5) is 17.1. The summed E-state index contributed by atoms with van der Waals surface area (Å²) in [6.07, 6.45) is 23.8. The van der Waals surface area contributed by atoms with Crippen LogP contribution in [0.25, 0.3) is 11.0 Å². The minimum Gasteiger partial charge on any atom is -0.484 e. The number of ether oxygens (including phenoxy) is 1. The highest BCUT2D eigenvalue weighted by molar-refractivity contribution is 6.30. The summed E-state index contributed by atoms with van der Waals surface area (Å²) in [5.41, 5.74) is 2.28. The van der Waals surface area contributed by atoms with E-state index in [0.29, 0.717) is 17.3 Å². The predicted octanol–water partition coefficient (Wildman–Crippen LogP) is 10.1. The zero-order valence-corrected chi connectivity index (χ0v) is 26.8. The molecule has 0 aliphatic rings. The third-order valence-corrected chi connectivity index (χ3v) is 8.30. The van der Waals surface area contributed by atoms with E-state index in [2.05, 4.69) is 41.1 Å². The first-order valence-corrected chi connectivity index (χ1v) is 17.1. The summed E-state index contributed by atoms with van der Waals surface area (Å²) in [5, 5.41) is 3.61. The van der Waals surface area contributed by atoms with Crippen molar-refractivity contribution in [2.45, 2.75) is 129 Å². The van der Waals surface area contributed by atoms with Gasteiger partial charge in [0.25, 0.3) is 5.91 Å². The molecule has 0 saturated heterocycles. The number of rotatable bonds is 24. The van der Waals surface area contributed by atoms with Gasteiger partial charge in [0.05, 0.1) is 11.0 Å². The van der Waals surface area contributed by atoms with Crippen LogP contribution in [0, 0.1) is 0 Å². The van der Waals surface area contributed by atoms with Gasteiger partial charge in [0.2, 0.25) is 0 Å². The van der Waals surface area contributed by atoms with Crippen molar-refractivity contribution in [1.82, 2.24) is 14.9 Å². The second-order valence-electron chi connectivity index (χ2n) is 11.7. The predicted molar refractivity (Wildman–Crippen MR) is 178 cm³/mol. The Kier molecular flexibility index (Phi) is 17.1. The minimum absolute atomic E-state index is 0.000596. The highest BCUT2D eigenvalue weighted by Crippen LogP contribution is 2.20. The molecule has 0 unspecified atom stereocenters. The number of carbonyl (C=O) groups is 1. The summed E-state index contributed by atoms with van der Waals surface area (Å²) in [6.45, 7) is 3.90. The number of nitrogens with zero attached hydrogens (tertiary/aromatic N) is 2. The molecule has 1 N–H and O–H groups in total. The number of hydrogen-bond acceptors (Lipinski definition) is 3. The molecule has 3 rings (SSSR count). The summed E-state index contributed by atoms with van der Waals surface area (Å²) in [7, 11) is 0. The van der Waals surface area contributed by atoms with E-state index in [4.69, 9.17) is 21.3 Å². The number of hydrogen-bond donors (Lipinski definition) is 1. The number of aromatic nitrogens is 2. The molecule has 2 aromatic carbocycles. The molecule has 0 spiro atoms. The van der Waals surface area contributed by atoms with Crippen LogP contribution in [0.1, 0.15) is 122 Å². The van der Waals surface area contributed by atoms with Crippen LogP contribution < -0.4 is 10.1 Å². The summed E-state index contributed by atoms with van der Waals surface area (Å²) in [6, 6.07) is 15.4. The van der Waals surface area contributed by atoms with Crippen LogP contribution in [0.3, 0.4) is 0 Å². The SMILES string of the molecule is CCCCCCCCCCCCCCCCCCn1c(CCCNC(=O)COc2ccc(Cl)cc2)nc2ccccc21. The second kappa shape index (κ2) is 21.2. The molecule has 0 aliphatic heterocycles. The van der Waals surface area contributed by atoms with Crippen LogP contribution in [0.4, 0.5) is 0 Å². The van der Waals surface area contributed by atoms with Crippen LogP contribution in [-0.2, 0) is 17.8 Å². The van der Waals surface area contributed by atoms with Gasteiger partial charge in [-0.25, -0.2) is 4.98 Å². The fourth-order valence-corrected chi connectivity index (χ4v) is 5.71. The highest BCUT2D eigenvalue weighted by atomic mass is 35.5. The average molecular weight is 596 g/mol. The minimum atomic E-state index is -0.119. The van der Waals surface area contributed by atoms with E-state index < -0.39 is 0 Å². The molecule has 0 radical (unpaired) electrons. The Morgan fingerprint density at radius 1 is 0.762 bits per heavy atom. The molecule has 232 valence electrons. The lowest BCUT2D eigenvalue weighted by atomic mass is 10.0. The highest BCUT2D eigenvalue weighted by Gasteiger charge is 2.11. The van der Waals surface area contributed by atoms with E-state index in [1.165, 1.54) is 108 Å². The first-order chi connectivity index (χ1) is 20.7. The van der Waals surface area contributed by atoms with Gasteiger partial charge in [-0.1, -0.05) is 127 Å². The van der Waals surface area contributed by atoms with Crippen molar-refractivity contribution in [1.29, 1.82) is 0 Å². The lowest BCUT2D eigenvalue weighted by Gasteiger charge is -2.10. The number of imidazole rings is 1. The molecule has 1 amide bonds. The van der Waals surface area contributed by atoms with Crippen molar-refractivity contribution in [2.24, 2.45) is 0 Å². The molecule has 6 heteroatoms. The Labute approximate surface area is 259 Å². The van der Waals surface area contributed by atoms with Crippen LogP contribution in [0.15, 0.2) is 48.5 Å². The molecule has 1 heterocycles. The van der Waals surface area contributed by atoms with E-state index in [-0.39, 0.29) is 12.5 Å². The molecule has 5 nitrogen and oxygen atoms in total. The smallest absolute Gasteiger partial charge is 0.257 e. The summed E-state index contributed by atoms with van der Waals surface area (Å²) >= 11 is 5.89. The Hall–Kier alpha value is -2.53. The van der Waals surface area contributed by atoms with E-state index in [0.717, 1.165) is 30.7 Å². The van der Waals surface area contributed by atoms with Gasteiger partial charge < -0.3 is 14.6 Å². The van der Waals surface area contributed by atoms with Gasteiger partial charge in [0.1, 0.15) is 11.6 Å². The monoisotopic (exact) mass is 595 g/mol. The van der Waals surface area contributed by atoms with Crippen molar-refractivity contribution in [3.63, 3.8) is 0 Å².